The molecule has 0 unspecified atom stereocenters. The zero-order valence-corrected chi connectivity index (χ0v) is 20.2. The van der Waals surface area contributed by atoms with Crippen molar-refractivity contribution in [2.24, 2.45) is 4.99 Å². The highest BCUT2D eigenvalue weighted by atomic mass is 35.5. The normalized spacial score (nSPS) is 19.5. The lowest BCUT2D eigenvalue weighted by Gasteiger charge is -2.44. The lowest BCUT2D eigenvalue weighted by Crippen LogP contribution is -2.55. The molecular weight excluding hydrogens is 424 g/mol. The van der Waals surface area contributed by atoms with Gasteiger partial charge in [-0.1, -0.05) is 56.1 Å². The standard InChI is InChI=1S/C23H27ClN4S.C2H6/c24-20-4-1-3-19(17-20)18-7-9-22(10-8-18)29-28-12-11-25-23(28)27-15-13-26(14-16-27)21-5-2-6-21;1-2/h1,3-4,7-10,17,21H,2,5-6,11-16H2;1-2H3. The van der Waals surface area contributed by atoms with E-state index < -0.39 is 0 Å². The molecule has 1 aliphatic carbocycles. The first-order chi connectivity index (χ1) is 15.3. The van der Waals surface area contributed by atoms with Crippen LogP contribution in [0.3, 0.4) is 0 Å². The van der Waals surface area contributed by atoms with Gasteiger partial charge in [0.2, 0.25) is 5.96 Å². The Morgan fingerprint density at radius 2 is 1.65 bits per heavy atom. The Kier molecular flexibility index (Phi) is 7.81. The quantitative estimate of drug-likeness (QED) is 0.535. The summed E-state index contributed by atoms with van der Waals surface area (Å²) in [4.78, 5) is 11.2. The maximum Gasteiger partial charge on any atom is 0.207 e. The van der Waals surface area contributed by atoms with Gasteiger partial charge in [-0.2, -0.15) is 0 Å². The van der Waals surface area contributed by atoms with Crippen LogP contribution in [0.2, 0.25) is 5.02 Å². The second-order valence-corrected chi connectivity index (χ2v) is 9.55. The number of piperazine rings is 1. The first-order valence-corrected chi connectivity index (χ1v) is 12.8. The predicted molar refractivity (Wildman–Crippen MR) is 134 cm³/mol. The van der Waals surface area contributed by atoms with Crippen LogP contribution in [-0.2, 0) is 0 Å². The zero-order valence-electron chi connectivity index (χ0n) is 18.6. The molecule has 0 bridgehead atoms. The van der Waals surface area contributed by atoms with E-state index in [4.69, 9.17) is 16.6 Å². The molecule has 2 aromatic rings. The van der Waals surface area contributed by atoms with E-state index >= 15 is 0 Å². The summed E-state index contributed by atoms with van der Waals surface area (Å²) < 4.78 is 2.37. The first-order valence-electron chi connectivity index (χ1n) is 11.6. The van der Waals surface area contributed by atoms with Gasteiger partial charge in [0.1, 0.15) is 0 Å². The predicted octanol–water partition coefficient (Wildman–Crippen LogP) is 5.88. The molecular formula is C25H33ClN4S. The molecule has 2 heterocycles. The number of nitrogens with zero attached hydrogens (tertiary/aromatic N) is 4. The van der Waals surface area contributed by atoms with Crippen LogP contribution >= 0.6 is 23.5 Å². The van der Waals surface area contributed by atoms with Crippen molar-refractivity contribution in [3.63, 3.8) is 0 Å². The van der Waals surface area contributed by atoms with Crippen LogP contribution < -0.4 is 0 Å². The summed E-state index contributed by atoms with van der Waals surface area (Å²) >= 11 is 7.94. The van der Waals surface area contributed by atoms with Crippen LogP contribution in [0.25, 0.3) is 11.1 Å². The van der Waals surface area contributed by atoms with Gasteiger partial charge in [-0.25, -0.2) is 0 Å². The number of guanidine groups is 1. The molecule has 1 saturated heterocycles. The van der Waals surface area contributed by atoms with Crippen LogP contribution in [0.1, 0.15) is 33.1 Å². The van der Waals surface area contributed by atoms with Crippen LogP contribution in [0.4, 0.5) is 0 Å². The highest BCUT2D eigenvalue weighted by Gasteiger charge is 2.31. The third-order valence-electron chi connectivity index (χ3n) is 6.20. The van der Waals surface area contributed by atoms with Gasteiger partial charge in [0, 0.05) is 42.1 Å². The van der Waals surface area contributed by atoms with Crippen LogP contribution in [0, 0.1) is 0 Å². The highest BCUT2D eigenvalue weighted by Crippen LogP contribution is 2.30. The molecule has 0 radical (unpaired) electrons. The van der Waals surface area contributed by atoms with Gasteiger partial charge < -0.3 is 4.90 Å². The monoisotopic (exact) mass is 456 g/mol. The lowest BCUT2D eigenvalue weighted by atomic mass is 9.91. The van der Waals surface area contributed by atoms with Crippen molar-refractivity contribution in [3.8, 4) is 11.1 Å². The molecule has 2 fully saturated rings. The minimum Gasteiger partial charge on any atom is -0.340 e. The minimum absolute atomic E-state index is 0.774. The lowest BCUT2D eigenvalue weighted by molar-refractivity contribution is 0.0835. The van der Waals surface area contributed by atoms with E-state index in [2.05, 4.69) is 44.4 Å². The SMILES string of the molecule is CC.Clc1cccc(-c2ccc(SN3CCN=C3N3CCN(C4CCC4)CC3)cc2)c1. The number of halogens is 1. The fourth-order valence-electron chi connectivity index (χ4n) is 4.31. The molecule has 4 nitrogen and oxygen atoms in total. The highest BCUT2D eigenvalue weighted by molar-refractivity contribution is 7.97. The summed E-state index contributed by atoms with van der Waals surface area (Å²) in [5.41, 5.74) is 2.35. The summed E-state index contributed by atoms with van der Waals surface area (Å²) in [6.45, 7) is 10.4. The van der Waals surface area contributed by atoms with Gasteiger partial charge in [-0.3, -0.25) is 14.2 Å². The molecule has 3 aliphatic rings. The van der Waals surface area contributed by atoms with E-state index in [-0.39, 0.29) is 0 Å². The fraction of sp³-hybridized carbons (Fsp3) is 0.480. The van der Waals surface area contributed by atoms with Crippen molar-refractivity contribution in [1.82, 2.24) is 14.1 Å². The summed E-state index contributed by atoms with van der Waals surface area (Å²) in [6, 6.07) is 17.6. The maximum atomic E-state index is 6.14. The first kappa shape index (κ1) is 22.5. The van der Waals surface area contributed by atoms with Crippen LogP contribution in [0.15, 0.2) is 58.4 Å². The fourth-order valence-corrected chi connectivity index (χ4v) is 5.44. The van der Waals surface area contributed by atoms with E-state index in [1.807, 2.05) is 32.0 Å². The van der Waals surface area contributed by atoms with E-state index in [9.17, 15) is 0 Å². The second-order valence-electron chi connectivity index (χ2n) is 8.02. The van der Waals surface area contributed by atoms with Gasteiger partial charge in [-0.15, -0.1) is 0 Å². The van der Waals surface area contributed by atoms with Crippen molar-refractivity contribution in [1.29, 1.82) is 0 Å². The van der Waals surface area contributed by atoms with E-state index in [1.54, 1.807) is 11.9 Å². The Labute approximate surface area is 196 Å². The summed E-state index contributed by atoms with van der Waals surface area (Å²) in [5.74, 6) is 1.17. The van der Waals surface area contributed by atoms with Crippen molar-refractivity contribution < 1.29 is 0 Å². The van der Waals surface area contributed by atoms with Gasteiger partial charge in [0.05, 0.1) is 13.1 Å². The van der Waals surface area contributed by atoms with Crippen molar-refractivity contribution in [2.75, 3.05) is 39.3 Å². The van der Waals surface area contributed by atoms with Crippen LogP contribution in [-0.4, -0.2) is 65.4 Å². The molecule has 2 aliphatic heterocycles. The topological polar surface area (TPSA) is 22.1 Å². The molecule has 0 aromatic heterocycles. The molecule has 6 heteroatoms. The molecule has 5 rings (SSSR count). The summed E-state index contributed by atoms with van der Waals surface area (Å²) in [6.07, 6.45) is 4.21. The molecule has 0 atom stereocenters. The molecule has 1 saturated carbocycles. The van der Waals surface area contributed by atoms with Gasteiger partial charge >= 0.3 is 0 Å². The Morgan fingerprint density at radius 1 is 0.903 bits per heavy atom. The van der Waals surface area contributed by atoms with Crippen molar-refractivity contribution in [3.05, 3.63) is 53.6 Å². The average Bonchev–Trinajstić information content (AvgIpc) is 3.23. The Hall–Kier alpha value is -1.69. The Balaban J connectivity index is 0.00000112. The molecule has 0 amide bonds. The van der Waals surface area contributed by atoms with Gasteiger partial charge in [-0.05, 0) is 60.2 Å². The molecule has 166 valence electrons. The van der Waals surface area contributed by atoms with E-state index in [0.29, 0.717) is 0 Å². The van der Waals surface area contributed by atoms with E-state index in [0.717, 1.165) is 42.8 Å². The smallest absolute Gasteiger partial charge is 0.207 e. The van der Waals surface area contributed by atoms with Gasteiger partial charge in [0.15, 0.2) is 0 Å². The number of benzene rings is 2. The van der Waals surface area contributed by atoms with E-state index in [1.165, 1.54) is 48.8 Å². The number of hydrogen-bond acceptors (Lipinski definition) is 5. The van der Waals surface area contributed by atoms with Crippen molar-refractivity contribution >= 4 is 29.5 Å². The molecule has 31 heavy (non-hydrogen) atoms. The average molecular weight is 457 g/mol. The number of rotatable bonds is 4. The Bertz CT molecular complexity index is 873. The number of aliphatic imine (C=N–C) groups is 1. The van der Waals surface area contributed by atoms with Gasteiger partial charge in [0.25, 0.3) is 0 Å². The molecule has 0 spiro atoms. The summed E-state index contributed by atoms with van der Waals surface area (Å²) in [7, 11) is 0. The number of hydrogen-bond donors (Lipinski definition) is 0. The van der Waals surface area contributed by atoms with Crippen LogP contribution in [0.5, 0.6) is 0 Å². The minimum atomic E-state index is 0.774. The second kappa shape index (κ2) is 10.8. The maximum absolute atomic E-state index is 6.14. The third-order valence-corrected chi connectivity index (χ3v) is 7.48. The Morgan fingerprint density at radius 3 is 2.29 bits per heavy atom. The van der Waals surface area contributed by atoms with Crippen molar-refractivity contribution in [2.45, 2.75) is 44.0 Å². The summed E-state index contributed by atoms with van der Waals surface area (Å²) in [5, 5.41) is 0.774. The zero-order chi connectivity index (χ0) is 21.6. The third kappa shape index (κ3) is 5.39. The molecule has 2 aromatic carbocycles. The largest absolute Gasteiger partial charge is 0.340 e. The molecule has 0 N–H and O–H groups in total.